The number of esters is 4. The van der Waals surface area contributed by atoms with Gasteiger partial charge in [-0.15, -0.1) is 0 Å². The normalized spacial score (nSPS) is 10.7. The zero-order valence-electron chi connectivity index (χ0n) is 35.2. The highest BCUT2D eigenvalue weighted by atomic mass is 19.1. The van der Waals surface area contributed by atoms with Crippen LogP contribution in [0.5, 0.6) is 23.0 Å². The van der Waals surface area contributed by atoms with Crippen LogP contribution in [0.3, 0.4) is 0 Å². The maximum absolute atomic E-state index is 14.9. The molecule has 0 aliphatic carbocycles. The Hall–Kier alpha value is -5.52. The van der Waals surface area contributed by atoms with E-state index in [1.165, 1.54) is 24.3 Å². The van der Waals surface area contributed by atoms with E-state index in [9.17, 15) is 28.0 Å². The van der Waals surface area contributed by atoms with Crippen LogP contribution in [0, 0.1) is 11.6 Å². The summed E-state index contributed by atoms with van der Waals surface area (Å²) in [4.78, 5) is 48.1. The molecule has 0 radical (unpaired) electrons. The van der Waals surface area contributed by atoms with Gasteiger partial charge in [0.1, 0.15) is 11.5 Å². The number of carbonyl (C=O) groups excluding carboxylic acids is 4. The molecular formula is C48H60F2O10. The van der Waals surface area contributed by atoms with Crippen molar-refractivity contribution in [2.45, 2.75) is 117 Å². The van der Waals surface area contributed by atoms with Crippen molar-refractivity contribution in [3.63, 3.8) is 0 Å². The average Bonchev–Trinajstić information content (AvgIpc) is 3.23. The smallest absolute Gasteiger partial charge is 0.343 e. The van der Waals surface area contributed by atoms with Crippen LogP contribution in [0.15, 0.2) is 85.0 Å². The van der Waals surface area contributed by atoms with E-state index < -0.39 is 35.1 Å². The van der Waals surface area contributed by atoms with E-state index in [0.29, 0.717) is 61.2 Å². The molecule has 12 heteroatoms. The molecule has 0 unspecified atom stereocenters. The molecule has 3 rings (SSSR count). The number of unbranched alkanes of at least 4 members (excludes halogenated alkanes) is 14. The van der Waals surface area contributed by atoms with Crippen molar-refractivity contribution in [1.29, 1.82) is 0 Å². The number of ether oxygens (including phenoxy) is 6. The van der Waals surface area contributed by atoms with Crippen molar-refractivity contribution in [3.8, 4) is 23.0 Å². The van der Waals surface area contributed by atoms with Crippen LogP contribution in [0.4, 0.5) is 8.78 Å². The fourth-order valence-electron chi connectivity index (χ4n) is 5.84. The number of rotatable bonds is 30. The molecule has 3 aromatic carbocycles. The van der Waals surface area contributed by atoms with Gasteiger partial charge in [-0.1, -0.05) is 90.2 Å². The van der Waals surface area contributed by atoms with Crippen LogP contribution in [0.2, 0.25) is 0 Å². The monoisotopic (exact) mass is 834 g/mol. The molecule has 0 aliphatic rings. The van der Waals surface area contributed by atoms with Crippen molar-refractivity contribution in [1.82, 2.24) is 0 Å². The van der Waals surface area contributed by atoms with Gasteiger partial charge in [0, 0.05) is 23.3 Å². The van der Waals surface area contributed by atoms with Gasteiger partial charge in [-0.05, 0) is 88.1 Å². The molecule has 0 bridgehead atoms. The maximum atomic E-state index is 14.9. The second-order valence-electron chi connectivity index (χ2n) is 14.7. The zero-order valence-corrected chi connectivity index (χ0v) is 35.2. The average molecular weight is 835 g/mol. The standard InChI is InChI=1S/C48H60F2O10/c1-35(2)45(51)57-31-19-15-11-7-5-9-13-17-29-55-39-25-21-37(22-26-39)47(53)59-43-33-42(50)44(34-41(43)49)60-48(54)38-23-27-40(28-24-38)56-30-18-14-10-6-8-12-16-20-32-58-46(52)36(3)4/h21-28,33-34H,1,3,5-20,29-32H2,2,4H3. The lowest BCUT2D eigenvalue weighted by atomic mass is 10.1. The summed E-state index contributed by atoms with van der Waals surface area (Å²) in [5.74, 6) is -4.83. The minimum atomic E-state index is -1.09. The molecule has 0 aliphatic heterocycles. The maximum Gasteiger partial charge on any atom is 0.343 e. The van der Waals surface area contributed by atoms with Gasteiger partial charge in [-0.3, -0.25) is 0 Å². The van der Waals surface area contributed by atoms with E-state index in [-0.39, 0.29) is 23.1 Å². The second kappa shape index (κ2) is 28.0. The van der Waals surface area contributed by atoms with Crippen molar-refractivity contribution < 1.29 is 56.4 Å². The predicted molar refractivity (Wildman–Crippen MR) is 226 cm³/mol. The van der Waals surface area contributed by atoms with Crippen molar-refractivity contribution in [2.75, 3.05) is 26.4 Å². The third-order valence-corrected chi connectivity index (χ3v) is 9.35. The Kier molecular flexibility index (Phi) is 22.8. The van der Waals surface area contributed by atoms with Crippen LogP contribution >= 0.6 is 0 Å². The lowest BCUT2D eigenvalue weighted by molar-refractivity contribution is -0.139. The summed E-state index contributed by atoms with van der Waals surface area (Å²) in [5.41, 5.74) is 1.05. The molecule has 10 nitrogen and oxygen atoms in total. The largest absolute Gasteiger partial charge is 0.494 e. The zero-order chi connectivity index (χ0) is 43.5. The number of hydrogen-bond donors (Lipinski definition) is 0. The van der Waals surface area contributed by atoms with Crippen LogP contribution in [0.1, 0.15) is 137 Å². The molecule has 0 atom stereocenters. The lowest BCUT2D eigenvalue weighted by Gasteiger charge is -2.11. The van der Waals surface area contributed by atoms with Crippen molar-refractivity contribution in [3.05, 3.63) is 108 Å². The van der Waals surface area contributed by atoms with Gasteiger partial charge in [-0.25, -0.2) is 28.0 Å². The summed E-state index contributed by atoms with van der Waals surface area (Å²) in [6.07, 6.45) is 16.4. The highest BCUT2D eigenvalue weighted by Crippen LogP contribution is 2.28. The molecule has 326 valence electrons. The van der Waals surface area contributed by atoms with Crippen molar-refractivity contribution in [2.24, 2.45) is 0 Å². The predicted octanol–water partition coefficient (Wildman–Crippen LogP) is 11.6. The van der Waals surface area contributed by atoms with Gasteiger partial charge in [0.2, 0.25) is 0 Å². The van der Waals surface area contributed by atoms with E-state index in [4.69, 9.17) is 28.4 Å². The fraction of sp³-hybridized carbons (Fsp3) is 0.458. The van der Waals surface area contributed by atoms with E-state index >= 15 is 0 Å². The summed E-state index contributed by atoms with van der Waals surface area (Å²) in [6.45, 7) is 12.3. The first-order valence-electron chi connectivity index (χ1n) is 21.0. The van der Waals surface area contributed by atoms with Crippen LogP contribution in [-0.2, 0) is 19.1 Å². The van der Waals surface area contributed by atoms with E-state index in [2.05, 4.69) is 13.2 Å². The first kappa shape index (κ1) is 48.8. The Morgan fingerprint density at radius 2 is 0.733 bits per heavy atom. The molecular weight excluding hydrogens is 775 g/mol. The van der Waals surface area contributed by atoms with Gasteiger partial charge < -0.3 is 28.4 Å². The Morgan fingerprint density at radius 3 is 1.03 bits per heavy atom. The van der Waals surface area contributed by atoms with Gasteiger partial charge >= 0.3 is 23.9 Å². The minimum Gasteiger partial charge on any atom is -0.494 e. The minimum absolute atomic E-state index is 0.111. The SMILES string of the molecule is C=C(C)C(=O)OCCCCCCCCCCOc1ccc(C(=O)Oc2cc(F)c(OC(=O)c3ccc(OCCCCCCCCCCOC(=O)C(=C)C)cc3)cc2F)cc1. The fourth-order valence-corrected chi connectivity index (χ4v) is 5.84. The molecule has 0 aromatic heterocycles. The van der Waals surface area contributed by atoms with Gasteiger partial charge in [0.05, 0.1) is 37.6 Å². The summed E-state index contributed by atoms with van der Waals surface area (Å²) >= 11 is 0. The van der Waals surface area contributed by atoms with Gasteiger partial charge in [0.25, 0.3) is 0 Å². The summed E-state index contributed by atoms with van der Waals surface area (Å²) in [5, 5.41) is 0. The number of carbonyl (C=O) groups is 4. The Labute approximate surface area is 353 Å². The Morgan fingerprint density at radius 1 is 0.450 bits per heavy atom. The number of hydrogen-bond acceptors (Lipinski definition) is 10. The molecule has 0 N–H and O–H groups in total. The summed E-state index contributed by atoms with van der Waals surface area (Å²) < 4.78 is 61.7. The Bertz CT molecular complexity index is 1690. The number of halogens is 2. The van der Waals surface area contributed by atoms with Gasteiger partial charge in [0.15, 0.2) is 23.1 Å². The summed E-state index contributed by atoms with van der Waals surface area (Å²) in [6, 6.07) is 13.6. The molecule has 60 heavy (non-hydrogen) atoms. The van der Waals surface area contributed by atoms with E-state index in [1.54, 1.807) is 38.1 Å². The third kappa shape index (κ3) is 19.5. The summed E-state index contributed by atoms with van der Waals surface area (Å²) in [7, 11) is 0. The first-order chi connectivity index (χ1) is 28.9. The molecule has 3 aromatic rings. The molecule has 0 fully saturated rings. The highest BCUT2D eigenvalue weighted by Gasteiger charge is 2.19. The van der Waals surface area contributed by atoms with E-state index in [1.807, 2.05) is 0 Å². The molecule has 0 amide bonds. The lowest BCUT2D eigenvalue weighted by Crippen LogP contribution is -2.12. The highest BCUT2D eigenvalue weighted by molar-refractivity contribution is 5.92. The van der Waals surface area contributed by atoms with Gasteiger partial charge in [-0.2, -0.15) is 0 Å². The Balaban J connectivity index is 1.28. The molecule has 0 heterocycles. The van der Waals surface area contributed by atoms with Crippen LogP contribution < -0.4 is 18.9 Å². The number of benzene rings is 3. The van der Waals surface area contributed by atoms with Crippen molar-refractivity contribution >= 4 is 23.9 Å². The molecule has 0 saturated heterocycles. The van der Waals surface area contributed by atoms with Crippen LogP contribution in [-0.4, -0.2) is 50.3 Å². The first-order valence-corrected chi connectivity index (χ1v) is 21.0. The third-order valence-electron chi connectivity index (χ3n) is 9.35. The van der Waals surface area contributed by atoms with E-state index in [0.717, 1.165) is 103 Å². The quantitative estimate of drug-likeness (QED) is 0.0277. The molecule has 0 spiro atoms. The second-order valence-corrected chi connectivity index (χ2v) is 14.7. The van der Waals surface area contributed by atoms with Crippen LogP contribution in [0.25, 0.3) is 0 Å². The topological polar surface area (TPSA) is 124 Å². The molecule has 0 saturated carbocycles.